The monoisotopic (exact) mass is 180 g/mol. The highest BCUT2D eigenvalue weighted by molar-refractivity contribution is 5.42. The van der Waals surface area contributed by atoms with E-state index in [2.05, 4.69) is 10.3 Å². The molecule has 0 bridgehead atoms. The molecule has 0 radical (unpaired) electrons. The summed E-state index contributed by atoms with van der Waals surface area (Å²) in [6.07, 6.45) is 1.74. The van der Waals surface area contributed by atoms with Crippen molar-refractivity contribution < 1.29 is 5.11 Å². The predicted molar refractivity (Wildman–Crippen MR) is 53.8 cm³/mol. The number of aryl methyl sites for hydroxylation is 1. The maximum atomic E-state index is 9.48. The summed E-state index contributed by atoms with van der Waals surface area (Å²) in [7, 11) is 0. The van der Waals surface area contributed by atoms with Crippen LogP contribution in [0.2, 0.25) is 0 Å². The van der Waals surface area contributed by atoms with Gasteiger partial charge >= 0.3 is 0 Å². The first-order valence-electron chi connectivity index (χ1n) is 4.37. The summed E-state index contributed by atoms with van der Waals surface area (Å²) < 4.78 is 0. The molecule has 0 atom stereocenters. The fourth-order valence-corrected chi connectivity index (χ4v) is 0.971. The van der Waals surface area contributed by atoms with Gasteiger partial charge in [-0.05, 0) is 32.4 Å². The normalized spacial score (nSPS) is 11.4. The molecule has 72 valence electrons. The third kappa shape index (κ3) is 3.42. The summed E-state index contributed by atoms with van der Waals surface area (Å²) >= 11 is 0. The molecular weight excluding hydrogens is 164 g/mol. The van der Waals surface area contributed by atoms with Gasteiger partial charge in [0.1, 0.15) is 5.82 Å². The Balaban J connectivity index is 2.60. The molecule has 2 N–H and O–H groups in total. The summed E-state index contributed by atoms with van der Waals surface area (Å²) in [5.74, 6) is 0.838. The van der Waals surface area contributed by atoms with E-state index in [0.29, 0.717) is 6.54 Å². The standard InChI is InChI=1S/C10H16N2O/c1-8-5-4-6-11-9(8)12-7-10(2,3)13/h4-6,13H,7H2,1-3H3,(H,11,12). The van der Waals surface area contributed by atoms with Crippen LogP contribution in [-0.4, -0.2) is 22.2 Å². The van der Waals surface area contributed by atoms with Crippen LogP contribution in [0.25, 0.3) is 0 Å². The molecule has 1 heterocycles. The zero-order valence-electron chi connectivity index (χ0n) is 8.33. The van der Waals surface area contributed by atoms with Gasteiger partial charge in [0.05, 0.1) is 5.60 Å². The minimum Gasteiger partial charge on any atom is -0.389 e. The first kappa shape index (κ1) is 9.99. The van der Waals surface area contributed by atoms with Gasteiger partial charge in [0.15, 0.2) is 0 Å². The van der Waals surface area contributed by atoms with Crippen molar-refractivity contribution in [2.45, 2.75) is 26.4 Å². The molecule has 3 heteroatoms. The van der Waals surface area contributed by atoms with Crippen LogP contribution in [0, 0.1) is 6.92 Å². The molecule has 0 saturated heterocycles. The molecule has 0 aliphatic carbocycles. The average Bonchev–Trinajstić information content (AvgIpc) is 2.01. The number of hydrogen-bond acceptors (Lipinski definition) is 3. The first-order valence-corrected chi connectivity index (χ1v) is 4.37. The van der Waals surface area contributed by atoms with Crippen molar-refractivity contribution in [3.8, 4) is 0 Å². The van der Waals surface area contributed by atoms with Crippen LogP contribution >= 0.6 is 0 Å². The van der Waals surface area contributed by atoms with Crippen molar-refractivity contribution in [2.75, 3.05) is 11.9 Å². The predicted octanol–water partition coefficient (Wildman–Crippen LogP) is 1.57. The van der Waals surface area contributed by atoms with E-state index in [1.807, 2.05) is 19.1 Å². The highest BCUT2D eigenvalue weighted by atomic mass is 16.3. The molecule has 0 spiro atoms. The summed E-state index contributed by atoms with van der Waals surface area (Å²) in [6, 6.07) is 3.88. The van der Waals surface area contributed by atoms with Crippen molar-refractivity contribution >= 4 is 5.82 Å². The van der Waals surface area contributed by atoms with Gasteiger partial charge in [0, 0.05) is 12.7 Å². The van der Waals surface area contributed by atoms with Crippen LogP contribution in [0.1, 0.15) is 19.4 Å². The van der Waals surface area contributed by atoms with Crippen LogP contribution in [0.3, 0.4) is 0 Å². The second-order valence-corrected chi connectivity index (χ2v) is 3.83. The van der Waals surface area contributed by atoms with Gasteiger partial charge in [-0.3, -0.25) is 0 Å². The number of rotatable bonds is 3. The molecule has 3 nitrogen and oxygen atoms in total. The molecule has 1 rings (SSSR count). The second kappa shape index (κ2) is 3.75. The summed E-state index contributed by atoms with van der Waals surface area (Å²) in [5.41, 5.74) is 0.385. The maximum Gasteiger partial charge on any atom is 0.128 e. The molecular formula is C10H16N2O. The molecule has 0 fully saturated rings. The molecule has 0 aliphatic heterocycles. The van der Waals surface area contributed by atoms with E-state index in [-0.39, 0.29) is 0 Å². The van der Waals surface area contributed by atoms with Crippen LogP contribution in [-0.2, 0) is 0 Å². The van der Waals surface area contributed by atoms with Crippen molar-refractivity contribution in [2.24, 2.45) is 0 Å². The Morgan fingerprint density at radius 3 is 2.77 bits per heavy atom. The van der Waals surface area contributed by atoms with Crippen molar-refractivity contribution in [3.63, 3.8) is 0 Å². The molecule has 0 saturated carbocycles. The van der Waals surface area contributed by atoms with Crippen molar-refractivity contribution in [1.29, 1.82) is 0 Å². The topological polar surface area (TPSA) is 45.2 Å². The Kier molecular flexibility index (Phi) is 2.88. The van der Waals surface area contributed by atoms with E-state index >= 15 is 0 Å². The van der Waals surface area contributed by atoms with E-state index in [4.69, 9.17) is 0 Å². The highest BCUT2D eigenvalue weighted by Crippen LogP contribution is 2.10. The van der Waals surface area contributed by atoms with Gasteiger partial charge in [-0.15, -0.1) is 0 Å². The van der Waals surface area contributed by atoms with Gasteiger partial charge in [0.2, 0.25) is 0 Å². The fraction of sp³-hybridized carbons (Fsp3) is 0.500. The first-order chi connectivity index (χ1) is 5.99. The zero-order valence-corrected chi connectivity index (χ0v) is 8.33. The average molecular weight is 180 g/mol. The summed E-state index contributed by atoms with van der Waals surface area (Å²) in [6.45, 7) is 6.01. The molecule has 0 amide bonds. The molecule has 1 aromatic heterocycles. The van der Waals surface area contributed by atoms with Gasteiger partial charge in [0.25, 0.3) is 0 Å². The Hall–Kier alpha value is -1.09. The van der Waals surface area contributed by atoms with Crippen molar-refractivity contribution in [3.05, 3.63) is 23.9 Å². The lowest BCUT2D eigenvalue weighted by Gasteiger charge is -2.18. The van der Waals surface area contributed by atoms with E-state index in [9.17, 15) is 5.11 Å². The van der Waals surface area contributed by atoms with E-state index in [1.165, 1.54) is 0 Å². The second-order valence-electron chi connectivity index (χ2n) is 3.83. The Bertz CT molecular complexity index is 278. The quantitative estimate of drug-likeness (QED) is 0.742. The molecule has 0 aliphatic rings. The number of anilines is 1. The zero-order chi connectivity index (χ0) is 9.90. The Morgan fingerprint density at radius 1 is 1.54 bits per heavy atom. The van der Waals surface area contributed by atoms with Crippen LogP contribution < -0.4 is 5.32 Å². The largest absolute Gasteiger partial charge is 0.389 e. The summed E-state index contributed by atoms with van der Waals surface area (Å²) in [5, 5.41) is 12.6. The Labute approximate surface area is 78.8 Å². The minimum atomic E-state index is -0.704. The highest BCUT2D eigenvalue weighted by Gasteiger charge is 2.12. The van der Waals surface area contributed by atoms with Crippen LogP contribution in [0.4, 0.5) is 5.82 Å². The number of aliphatic hydroxyl groups is 1. The van der Waals surface area contributed by atoms with Gasteiger partial charge in [-0.1, -0.05) is 6.07 Å². The van der Waals surface area contributed by atoms with Gasteiger partial charge in [-0.25, -0.2) is 4.98 Å². The number of aromatic nitrogens is 1. The van der Waals surface area contributed by atoms with Gasteiger partial charge < -0.3 is 10.4 Å². The molecule has 0 aromatic carbocycles. The molecule has 0 unspecified atom stereocenters. The maximum absolute atomic E-state index is 9.48. The number of nitrogens with one attached hydrogen (secondary N) is 1. The number of hydrogen-bond donors (Lipinski definition) is 2. The van der Waals surface area contributed by atoms with E-state index in [1.54, 1.807) is 20.0 Å². The third-order valence-electron chi connectivity index (χ3n) is 1.70. The summed E-state index contributed by atoms with van der Waals surface area (Å²) in [4.78, 5) is 4.16. The van der Waals surface area contributed by atoms with Crippen LogP contribution in [0.15, 0.2) is 18.3 Å². The minimum absolute atomic E-state index is 0.505. The Morgan fingerprint density at radius 2 is 2.23 bits per heavy atom. The van der Waals surface area contributed by atoms with E-state index in [0.717, 1.165) is 11.4 Å². The van der Waals surface area contributed by atoms with E-state index < -0.39 is 5.60 Å². The number of nitrogens with zero attached hydrogens (tertiary/aromatic N) is 1. The lowest BCUT2D eigenvalue weighted by atomic mass is 10.1. The lowest BCUT2D eigenvalue weighted by Crippen LogP contribution is -2.29. The fourth-order valence-electron chi connectivity index (χ4n) is 0.971. The van der Waals surface area contributed by atoms with Crippen molar-refractivity contribution in [1.82, 2.24) is 4.98 Å². The SMILES string of the molecule is Cc1cccnc1NCC(C)(C)O. The van der Waals surface area contributed by atoms with Gasteiger partial charge in [-0.2, -0.15) is 0 Å². The lowest BCUT2D eigenvalue weighted by molar-refractivity contribution is 0.0944. The molecule has 1 aromatic rings. The molecule has 13 heavy (non-hydrogen) atoms. The van der Waals surface area contributed by atoms with Crippen LogP contribution in [0.5, 0.6) is 0 Å². The smallest absolute Gasteiger partial charge is 0.128 e. The number of pyridine rings is 1. The third-order valence-corrected chi connectivity index (χ3v) is 1.70.